The molecule has 0 amide bonds. The Kier molecular flexibility index (Phi) is 5.60. The van der Waals surface area contributed by atoms with E-state index in [0.29, 0.717) is 22.8 Å². The summed E-state index contributed by atoms with van der Waals surface area (Å²) >= 11 is 7.89. The molecule has 0 unspecified atom stereocenters. The van der Waals surface area contributed by atoms with Gasteiger partial charge in [-0.2, -0.15) is 0 Å². The van der Waals surface area contributed by atoms with Gasteiger partial charge in [0.15, 0.2) is 5.82 Å². The highest BCUT2D eigenvalue weighted by Crippen LogP contribution is 2.27. The summed E-state index contributed by atoms with van der Waals surface area (Å²) in [6.07, 6.45) is 3.98. The topological polar surface area (TPSA) is 75.9 Å². The SMILES string of the molecule is C[C@H](Nc1ncnc2scnc12)c1cc2cccc(Cl)c2c(=O)n1CCN1CCCC1. The summed E-state index contributed by atoms with van der Waals surface area (Å²) in [5, 5.41) is 5.36. The number of nitrogens with one attached hydrogen (secondary N) is 1. The standard InChI is InChI=1S/C22H23ClN6OS/c1-14(27-20-19-21(25-12-24-20)31-13-26-19)17-11-15-5-4-6-16(23)18(15)22(30)29(17)10-9-28-7-2-3-8-28/h4-6,11-14H,2-3,7-10H2,1H3,(H,24,25,27)/t14-/m0/s1. The van der Waals surface area contributed by atoms with Gasteiger partial charge in [-0.05, 0) is 50.4 Å². The Bertz CT molecular complexity index is 1300. The molecule has 4 heterocycles. The fraction of sp³-hybridized carbons (Fsp3) is 0.364. The number of anilines is 1. The van der Waals surface area contributed by atoms with Crippen molar-refractivity contribution in [3.8, 4) is 0 Å². The van der Waals surface area contributed by atoms with Crippen LogP contribution >= 0.6 is 22.9 Å². The normalized spacial score (nSPS) is 15.7. The first-order chi connectivity index (χ1) is 15.1. The van der Waals surface area contributed by atoms with Crippen LogP contribution in [0.4, 0.5) is 5.82 Å². The van der Waals surface area contributed by atoms with Crippen LogP contribution in [0.3, 0.4) is 0 Å². The summed E-state index contributed by atoms with van der Waals surface area (Å²) in [6, 6.07) is 7.49. The summed E-state index contributed by atoms with van der Waals surface area (Å²) in [6.45, 7) is 5.69. The van der Waals surface area contributed by atoms with Crippen molar-refractivity contribution in [2.75, 3.05) is 25.0 Å². The Morgan fingerprint density at radius 2 is 2.03 bits per heavy atom. The molecule has 1 aliphatic heterocycles. The van der Waals surface area contributed by atoms with E-state index in [4.69, 9.17) is 11.6 Å². The van der Waals surface area contributed by atoms with Crippen LogP contribution in [-0.2, 0) is 6.54 Å². The Morgan fingerprint density at radius 1 is 1.19 bits per heavy atom. The molecule has 0 aliphatic carbocycles. The number of pyridine rings is 1. The second kappa shape index (κ2) is 8.53. The molecular weight excluding hydrogens is 432 g/mol. The molecule has 1 N–H and O–H groups in total. The van der Waals surface area contributed by atoms with Gasteiger partial charge < -0.3 is 14.8 Å². The smallest absolute Gasteiger partial charge is 0.260 e. The molecule has 0 radical (unpaired) electrons. The molecule has 1 aromatic carbocycles. The minimum absolute atomic E-state index is 0.0487. The van der Waals surface area contributed by atoms with Gasteiger partial charge >= 0.3 is 0 Å². The van der Waals surface area contributed by atoms with Gasteiger partial charge in [-0.15, -0.1) is 11.3 Å². The average Bonchev–Trinajstić information content (AvgIpc) is 3.45. The number of hydrogen-bond donors (Lipinski definition) is 1. The maximum absolute atomic E-state index is 13.5. The van der Waals surface area contributed by atoms with E-state index in [1.165, 1.54) is 30.5 Å². The molecule has 0 saturated carbocycles. The Balaban J connectivity index is 1.55. The quantitative estimate of drug-likeness (QED) is 0.467. The minimum Gasteiger partial charge on any atom is -0.360 e. The van der Waals surface area contributed by atoms with Gasteiger partial charge in [0.25, 0.3) is 5.56 Å². The molecule has 160 valence electrons. The first-order valence-corrected chi connectivity index (χ1v) is 11.7. The number of likely N-dealkylation sites (tertiary alicyclic amines) is 1. The van der Waals surface area contributed by atoms with Crippen molar-refractivity contribution >= 4 is 49.9 Å². The van der Waals surface area contributed by atoms with Crippen LogP contribution in [0.5, 0.6) is 0 Å². The number of nitrogens with zero attached hydrogens (tertiary/aromatic N) is 5. The Hall–Kier alpha value is -2.55. The van der Waals surface area contributed by atoms with Gasteiger partial charge in [0.2, 0.25) is 0 Å². The van der Waals surface area contributed by atoms with Crippen molar-refractivity contribution in [3.63, 3.8) is 0 Å². The monoisotopic (exact) mass is 454 g/mol. The zero-order valence-corrected chi connectivity index (χ0v) is 18.8. The molecule has 0 bridgehead atoms. The van der Waals surface area contributed by atoms with E-state index in [2.05, 4.69) is 31.2 Å². The van der Waals surface area contributed by atoms with Crippen LogP contribution in [0, 0.1) is 0 Å². The van der Waals surface area contributed by atoms with Crippen LogP contribution in [0.2, 0.25) is 5.02 Å². The summed E-state index contributed by atoms with van der Waals surface area (Å²) in [5.41, 5.74) is 3.36. The predicted octanol–water partition coefficient (Wildman–Crippen LogP) is 4.32. The molecule has 1 atom stereocenters. The lowest BCUT2D eigenvalue weighted by Gasteiger charge is -2.23. The molecule has 3 aromatic heterocycles. The number of thiazole rings is 1. The highest BCUT2D eigenvalue weighted by Gasteiger charge is 2.19. The summed E-state index contributed by atoms with van der Waals surface area (Å²) in [4.78, 5) is 29.8. The molecule has 4 aromatic rings. The number of fused-ring (bicyclic) bond motifs is 2. The van der Waals surface area contributed by atoms with Crippen LogP contribution in [-0.4, -0.2) is 44.1 Å². The third kappa shape index (κ3) is 3.91. The van der Waals surface area contributed by atoms with E-state index in [0.717, 1.165) is 41.1 Å². The number of benzene rings is 1. The fourth-order valence-corrected chi connectivity index (χ4v) is 5.18. The summed E-state index contributed by atoms with van der Waals surface area (Å²) < 4.78 is 1.86. The fourth-order valence-electron chi connectivity index (χ4n) is 4.29. The van der Waals surface area contributed by atoms with E-state index < -0.39 is 0 Å². The largest absolute Gasteiger partial charge is 0.360 e. The number of rotatable bonds is 6. The van der Waals surface area contributed by atoms with Gasteiger partial charge in [0.05, 0.1) is 22.0 Å². The van der Waals surface area contributed by atoms with E-state index >= 15 is 0 Å². The lowest BCUT2D eigenvalue weighted by Crippen LogP contribution is -2.32. The first kappa shape index (κ1) is 20.4. The average molecular weight is 455 g/mol. The van der Waals surface area contributed by atoms with E-state index in [9.17, 15) is 4.79 Å². The molecule has 9 heteroatoms. The van der Waals surface area contributed by atoms with Crippen molar-refractivity contribution in [2.45, 2.75) is 32.4 Å². The second-order valence-electron chi connectivity index (χ2n) is 7.87. The Morgan fingerprint density at radius 3 is 2.87 bits per heavy atom. The summed E-state index contributed by atoms with van der Waals surface area (Å²) in [7, 11) is 0. The molecule has 1 saturated heterocycles. The van der Waals surface area contributed by atoms with Crippen LogP contribution < -0.4 is 10.9 Å². The van der Waals surface area contributed by atoms with E-state index in [-0.39, 0.29) is 11.6 Å². The molecule has 7 nitrogen and oxygen atoms in total. The molecule has 1 fully saturated rings. The highest BCUT2D eigenvalue weighted by molar-refractivity contribution is 7.16. The van der Waals surface area contributed by atoms with Gasteiger partial charge in [-0.1, -0.05) is 23.7 Å². The molecule has 0 spiro atoms. The van der Waals surface area contributed by atoms with Gasteiger partial charge in [0.1, 0.15) is 16.7 Å². The molecule has 5 rings (SSSR count). The third-order valence-corrected chi connectivity index (χ3v) is 6.94. The van der Waals surface area contributed by atoms with Crippen LogP contribution in [0.15, 0.2) is 40.9 Å². The lowest BCUT2D eigenvalue weighted by atomic mass is 10.1. The van der Waals surface area contributed by atoms with Crippen LogP contribution in [0.25, 0.3) is 21.1 Å². The highest BCUT2D eigenvalue weighted by atomic mass is 35.5. The van der Waals surface area contributed by atoms with E-state index in [1.807, 2.05) is 23.6 Å². The van der Waals surface area contributed by atoms with Crippen LogP contribution in [0.1, 0.15) is 31.5 Å². The summed E-state index contributed by atoms with van der Waals surface area (Å²) in [5.74, 6) is 0.670. The number of hydrogen-bond acceptors (Lipinski definition) is 7. The van der Waals surface area contributed by atoms with Crippen molar-refractivity contribution in [1.29, 1.82) is 0 Å². The predicted molar refractivity (Wildman–Crippen MR) is 126 cm³/mol. The number of aromatic nitrogens is 4. The Labute approximate surface area is 188 Å². The maximum Gasteiger partial charge on any atom is 0.260 e. The lowest BCUT2D eigenvalue weighted by molar-refractivity contribution is 0.318. The van der Waals surface area contributed by atoms with Crippen molar-refractivity contribution in [1.82, 2.24) is 24.4 Å². The van der Waals surface area contributed by atoms with Gasteiger partial charge in [-0.25, -0.2) is 15.0 Å². The van der Waals surface area contributed by atoms with Crippen molar-refractivity contribution in [2.24, 2.45) is 0 Å². The maximum atomic E-state index is 13.5. The van der Waals surface area contributed by atoms with Gasteiger partial charge in [-0.3, -0.25) is 4.79 Å². The molecular formula is C22H23ClN6OS. The third-order valence-electron chi connectivity index (χ3n) is 5.89. The zero-order chi connectivity index (χ0) is 21.4. The first-order valence-electron chi connectivity index (χ1n) is 10.5. The van der Waals surface area contributed by atoms with Gasteiger partial charge in [0, 0.05) is 18.8 Å². The van der Waals surface area contributed by atoms with Crippen molar-refractivity contribution in [3.05, 3.63) is 57.2 Å². The second-order valence-corrected chi connectivity index (χ2v) is 9.11. The van der Waals surface area contributed by atoms with E-state index in [1.54, 1.807) is 11.6 Å². The zero-order valence-electron chi connectivity index (χ0n) is 17.2. The minimum atomic E-state index is -0.158. The molecule has 1 aliphatic rings. The van der Waals surface area contributed by atoms with Crippen molar-refractivity contribution < 1.29 is 0 Å². The molecule has 31 heavy (non-hydrogen) atoms. The number of halogens is 1.